The van der Waals surface area contributed by atoms with Crippen LogP contribution < -0.4 is 5.32 Å². The minimum absolute atomic E-state index is 0.0152. The number of nitrogens with zero attached hydrogens (tertiary/aromatic N) is 3. The second-order valence-corrected chi connectivity index (χ2v) is 7.81. The van der Waals surface area contributed by atoms with Crippen molar-refractivity contribution in [3.05, 3.63) is 42.2 Å². The van der Waals surface area contributed by atoms with Crippen molar-refractivity contribution in [3.8, 4) is 0 Å². The number of hydrogen-bond donors (Lipinski definition) is 1. The van der Waals surface area contributed by atoms with Crippen LogP contribution in [-0.4, -0.2) is 40.9 Å². The molecule has 0 spiro atoms. The van der Waals surface area contributed by atoms with E-state index >= 15 is 0 Å². The Bertz CT molecular complexity index is 933. The third kappa shape index (κ3) is 3.14. The molecule has 2 amide bonds. The Morgan fingerprint density at radius 2 is 2.00 bits per heavy atom. The number of anilines is 1. The van der Waals surface area contributed by atoms with Gasteiger partial charge in [-0.25, -0.2) is 12.7 Å². The van der Waals surface area contributed by atoms with Crippen molar-refractivity contribution in [2.75, 3.05) is 11.9 Å². The van der Waals surface area contributed by atoms with Gasteiger partial charge in [-0.05, 0) is 26.0 Å². The number of carbonyl (C=O) groups is 2. The summed E-state index contributed by atoms with van der Waals surface area (Å²) in [6.07, 6.45) is 3.08. The van der Waals surface area contributed by atoms with Crippen LogP contribution in [0.2, 0.25) is 0 Å². The van der Waals surface area contributed by atoms with Crippen LogP contribution in [0.25, 0.3) is 0 Å². The Morgan fingerprint density at radius 3 is 2.64 bits per heavy atom. The van der Waals surface area contributed by atoms with Gasteiger partial charge < -0.3 is 5.32 Å². The standard InChI is InChI=1S/C16H18N4O4S/c1-11(2)19-10-12(9-17-19)18-15(21)7-8-20-16(22)13-5-3-4-6-14(13)25(20,23)24/h3-6,9-11H,7-8H2,1-2H3,(H,18,21). The van der Waals surface area contributed by atoms with Crippen LogP contribution >= 0.6 is 0 Å². The summed E-state index contributed by atoms with van der Waals surface area (Å²) in [6.45, 7) is 3.71. The summed E-state index contributed by atoms with van der Waals surface area (Å²) < 4.78 is 27.2. The van der Waals surface area contributed by atoms with Gasteiger partial charge in [-0.1, -0.05) is 12.1 Å². The van der Waals surface area contributed by atoms with Gasteiger partial charge in [-0.15, -0.1) is 0 Å². The first kappa shape index (κ1) is 17.2. The summed E-state index contributed by atoms with van der Waals surface area (Å²) in [5, 5.41) is 6.76. The van der Waals surface area contributed by atoms with Gasteiger partial charge in [0.2, 0.25) is 5.91 Å². The molecule has 0 saturated carbocycles. The Hall–Kier alpha value is -2.68. The van der Waals surface area contributed by atoms with E-state index in [1.807, 2.05) is 13.8 Å². The van der Waals surface area contributed by atoms with Crippen molar-refractivity contribution in [2.24, 2.45) is 0 Å². The molecule has 0 saturated heterocycles. The van der Waals surface area contributed by atoms with Crippen molar-refractivity contribution in [3.63, 3.8) is 0 Å². The van der Waals surface area contributed by atoms with Gasteiger partial charge in [-0.3, -0.25) is 14.3 Å². The molecule has 2 heterocycles. The SMILES string of the molecule is CC(C)n1cc(NC(=O)CCN2C(=O)c3ccccc3S2(=O)=O)cn1. The molecule has 1 aromatic heterocycles. The highest BCUT2D eigenvalue weighted by Crippen LogP contribution is 2.29. The number of nitrogens with one attached hydrogen (secondary N) is 1. The molecule has 1 aliphatic heterocycles. The van der Waals surface area contributed by atoms with E-state index < -0.39 is 15.9 Å². The van der Waals surface area contributed by atoms with Crippen LogP contribution in [-0.2, 0) is 14.8 Å². The first-order chi connectivity index (χ1) is 11.8. The fourth-order valence-electron chi connectivity index (χ4n) is 2.56. The largest absolute Gasteiger partial charge is 0.323 e. The number of hydrogen-bond acceptors (Lipinski definition) is 5. The molecule has 0 fully saturated rings. The average molecular weight is 362 g/mol. The van der Waals surface area contributed by atoms with E-state index in [2.05, 4.69) is 10.4 Å². The number of sulfonamides is 1. The molecule has 0 unspecified atom stereocenters. The molecule has 3 rings (SSSR count). The zero-order valence-electron chi connectivity index (χ0n) is 13.8. The number of benzene rings is 1. The zero-order chi connectivity index (χ0) is 18.2. The van der Waals surface area contributed by atoms with Gasteiger partial charge in [0.25, 0.3) is 15.9 Å². The molecular formula is C16H18N4O4S. The third-order valence-electron chi connectivity index (χ3n) is 3.87. The van der Waals surface area contributed by atoms with Gasteiger partial charge in [0, 0.05) is 25.2 Å². The first-order valence-electron chi connectivity index (χ1n) is 7.81. The summed E-state index contributed by atoms with van der Waals surface area (Å²) >= 11 is 0. The third-order valence-corrected chi connectivity index (χ3v) is 5.71. The van der Waals surface area contributed by atoms with Crippen molar-refractivity contribution in [2.45, 2.75) is 31.2 Å². The quantitative estimate of drug-likeness (QED) is 0.871. The number of rotatable bonds is 5. The van der Waals surface area contributed by atoms with E-state index in [0.717, 1.165) is 4.31 Å². The van der Waals surface area contributed by atoms with E-state index in [0.29, 0.717) is 5.69 Å². The van der Waals surface area contributed by atoms with Crippen molar-refractivity contribution in [1.29, 1.82) is 0 Å². The molecular weight excluding hydrogens is 344 g/mol. The second kappa shape index (κ2) is 6.32. The summed E-state index contributed by atoms with van der Waals surface area (Å²) in [6, 6.07) is 6.19. The molecule has 1 N–H and O–H groups in total. The molecule has 25 heavy (non-hydrogen) atoms. The van der Waals surface area contributed by atoms with Crippen molar-refractivity contribution >= 4 is 27.5 Å². The van der Waals surface area contributed by atoms with Crippen LogP contribution in [0.1, 0.15) is 36.7 Å². The molecule has 9 heteroatoms. The van der Waals surface area contributed by atoms with E-state index in [4.69, 9.17) is 0 Å². The van der Waals surface area contributed by atoms with Crippen LogP contribution in [0.3, 0.4) is 0 Å². The zero-order valence-corrected chi connectivity index (χ0v) is 14.7. The molecule has 1 aliphatic rings. The molecule has 2 aromatic rings. The summed E-state index contributed by atoms with van der Waals surface area (Å²) in [4.78, 5) is 24.3. The topological polar surface area (TPSA) is 101 Å². The second-order valence-electron chi connectivity index (χ2n) is 5.98. The van der Waals surface area contributed by atoms with E-state index in [1.165, 1.54) is 18.3 Å². The molecule has 0 bridgehead atoms. The van der Waals surface area contributed by atoms with Gasteiger partial charge >= 0.3 is 0 Å². The number of fused-ring (bicyclic) bond motifs is 1. The van der Waals surface area contributed by atoms with Gasteiger partial charge in [0.15, 0.2) is 0 Å². The smallest absolute Gasteiger partial charge is 0.269 e. The molecule has 132 valence electrons. The Morgan fingerprint density at radius 1 is 1.28 bits per heavy atom. The monoisotopic (exact) mass is 362 g/mol. The van der Waals surface area contributed by atoms with Crippen LogP contribution in [0.5, 0.6) is 0 Å². The highest BCUT2D eigenvalue weighted by molar-refractivity contribution is 7.90. The lowest BCUT2D eigenvalue weighted by Gasteiger charge is -2.14. The molecule has 1 aromatic carbocycles. The predicted molar refractivity (Wildman–Crippen MR) is 90.5 cm³/mol. The lowest BCUT2D eigenvalue weighted by atomic mass is 10.2. The average Bonchev–Trinajstić information content (AvgIpc) is 3.09. The summed E-state index contributed by atoms with van der Waals surface area (Å²) in [7, 11) is -3.88. The minimum atomic E-state index is -3.88. The van der Waals surface area contributed by atoms with Gasteiger partial charge in [0.1, 0.15) is 4.90 Å². The minimum Gasteiger partial charge on any atom is -0.323 e. The fourth-order valence-corrected chi connectivity index (χ4v) is 4.13. The summed E-state index contributed by atoms with van der Waals surface area (Å²) in [5.74, 6) is -0.988. The van der Waals surface area contributed by atoms with E-state index in [1.54, 1.807) is 23.0 Å². The van der Waals surface area contributed by atoms with Crippen LogP contribution in [0.15, 0.2) is 41.6 Å². The molecule has 0 aliphatic carbocycles. The maximum absolute atomic E-state index is 12.4. The van der Waals surface area contributed by atoms with Crippen molar-refractivity contribution in [1.82, 2.24) is 14.1 Å². The maximum Gasteiger partial charge on any atom is 0.269 e. The van der Waals surface area contributed by atoms with Gasteiger partial charge in [0.05, 0.1) is 17.4 Å². The number of aromatic nitrogens is 2. The van der Waals surface area contributed by atoms with Gasteiger partial charge in [-0.2, -0.15) is 5.10 Å². The predicted octanol–water partition coefficient (Wildman–Crippen LogP) is 1.64. The lowest BCUT2D eigenvalue weighted by Crippen LogP contribution is -2.33. The first-order valence-corrected chi connectivity index (χ1v) is 9.25. The van der Waals surface area contributed by atoms with E-state index in [9.17, 15) is 18.0 Å². The highest BCUT2D eigenvalue weighted by atomic mass is 32.2. The lowest BCUT2D eigenvalue weighted by molar-refractivity contribution is -0.116. The van der Waals surface area contributed by atoms with Crippen molar-refractivity contribution < 1.29 is 18.0 Å². The highest BCUT2D eigenvalue weighted by Gasteiger charge is 2.40. The molecule has 0 atom stereocenters. The Kier molecular flexibility index (Phi) is 4.34. The van der Waals surface area contributed by atoms with E-state index in [-0.39, 0.29) is 35.4 Å². The number of carbonyl (C=O) groups excluding carboxylic acids is 2. The molecule has 0 radical (unpaired) electrons. The summed E-state index contributed by atoms with van der Waals surface area (Å²) in [5.41, 5.74) is 0.665. The maximum atomic E-state index is 12.4. The normalized spacial score (nSPS) is 15.5. The van der Waals surface area contributed by atoms with Crippen LogP contribution in [0.4, 0.5) is 5.69 Å². The van der Waals surface area contributed by atoms with Crippen LogP contribution in [0, 0.1) is 0 Å². The molecule has 8 nitrogen and oxygen atoms in total. The number of amides is 2. The Balaban J connectivity index is 1.65. The Labute approximate surface area is 145 Å². The fraction of sp³-hybridized carbons (Fsp3) is 0.312.